The molecule has 17 heavy (non-hydrogen) atoms. The van der Waals surface area contributed by atoms with Gasteiger partial charge in [0.05, 0.1) is 0 Å². The highest BCUT2D eigenvalue weighted by molar-refractivity contribution is 7.98. The molecule has 0 saturated heterocycles. The molecule has 1 rings (SSSR count). The van der Waals surface area contributed by atoms with Gasteiger partial charge in [-0.3, -0.25) is 0 Å². The van der Waals surface area contributed by atoms with Crippen LogP contribution in [0.15, 0.2) is 24.3 Å². The number of carboxylic acid groups (broad SMARTS) is 1. The van der Waals surface area contributed by atoms with E-state index in [2.05, 4.69) is 6.92 Å². The summed E-state index contributed by atoms with van der Waals surface area (Å²) in [5.41, 5.74) is 1.33. The van der Waals surface area contributed by atoms with Crippen LogP contribution in [0.5, 0.6) is 0 Å². The van der Waals surface area contributed by atoms with Crippen LogP contribution in [0.25, 0.3) is 6.08 Å². The molecule has 92 valence electrons. The van der Waals surface area contributed by atoms with E-state index in [9.17, 15) is 9.18 Å². The van der Waals surface area contributed by atoms with Crippen LogP contribution in [0.2, 0.25) is 0 Å². The van der Waals surface area contributed by atoms with Crippen molar-refractivity contribution in [2.24, 2.45) is 0 Å². The van der Waals surface area contributed by atoms with Gasteiger partial charge in [0, 0.05) is 17.4 Å². The minimum absolute atomic E-state index is 0.321. The van der Waals surface area contributed by atoms with Crippen molar-refractivity contribution in [1.82, 2.24) is 0 Å². The van der Waals surface area contributed by atoms with E-state index in [1.54, 1.807) is 23.9 Å². The zero-order valence-electron chi connectivity index (χ0n) is 9.65. The predicted octanol–water partition coefficient (Wildman–Crippen LogP) is 3.57. The topological polar surface area (TPSA) is 37.3 Å². The van der Waals surface area contributed by atoms with Crippen molar-refractivity contribution in [3.05, 3.63) is 41.2 Å². The van der Waals surface area contributed by atoms with E-state index in [0.717, 1.165) is 29.6 Å². The van der Waals surface area contributed by atoms with E-state index >= 15 is 0 Å². The second kappa shape index (κ2) is 7.12. The summed E-state index contributed by atoms with van der Waals surface area (Å²) in [5.74, 6) is 0.418. The van der Waals surface area contributed by atoms with Gasteiger partial charge in [0.2, 0.25) is 0 Å². The van der Waals surface area contributed by atoms with Crippen LogP contribution in [-0.4, -0.2) is 16.8 Å². The van der Waals surface area contributed by atoms with Crippen molar-refractivity contribution < 1.29 is 14.3 Å². The van der Waals surface area contributed by atoms with Crippen molar-refractivity contribution in [3.63, 3.8) is 0 Å². The highest BCUT2D eigenvalue weighted by atomic mass is 32.2. The summed E-state index contributed by atoms with van der Waals surface area (Å²) in [6.45, 7) is 2.11. The lowest BCUT2D eigenvalue weighted by Gasteiger charge is -2.03. The first-order chi connectivity index (χ1) is 8.13. The monoisotopic (exact) mass is 254 g/mol. The summed E-state index contributed by atoms with van der Waals surface area (Å²) in [7, 11) is 0. The number of benzene rings is 1. The maximum absolute atomic E-state index is 13.4. The normalized spacial score (nSPS) is 10.9. The molecule has 0 aliphatic carbocycles. The predicted molar refractivity (Wildman–Crippen MR) is 69.5 cm³/mol. The van der Waals surface area contributed by atoms with Crippen LogP contribution < -0.4 is 0 Å². The van der Waals surface area contributed by atoms with Gasteiger partial charge in [-0.25, -0.2) is 9.18 Å². The Kier molecular flexibility index (Phi) is 5.77. The highest BCUT2D eigenvalue weighted by Gasteiger charge is 2.01. The SMILES string of the molecule is CCCSCc1ccc(F)c(C=CC(=O)O)c1. The average Bonchev–Trinajstić information content (AvgIpc) is 2.29. The Hall–Kier alpha value is -1.29. The molecule has 0 aromatic heterocycles. The summed E-state index contributed by atoms with van der Waals surface area (Å²) in [6, 6.07) is 4.80. The number of carboxylic acids is 1. The van der Waals surface area contributed by atoms with E-state index in [-0.39, 0.29) is 0 Å². The molecule has 4 heteroatoms. The second-order valence-corrected chi connectivity index (χ2v) is 4.69. The molecule has 0 radical (unpaired) electrons. The van der Waals surface area contributed by atoms with Gasteiger partial charge < -0.3 is 5.11 Å². The molecule has 0 fully saturated rings. The average molecular weight is 254 g/mol. The molecule has 0 aliphatic heterocycles. The lowest BCUT2D eigenvalue weighted by molar-refractivity contribution is -0.131. The third-order valence-corrected chi connectivity index (χ3v) is 3.32. The van der Waals surface area contributed by atoms with Crippen molar-refractivity contribution in [3.8, 4) is 0 Å². The molecule has 0 saturated carbocycles. The zero-order valence-corrected chi connectivity index (χ0v) is 10.5. The minimum atomic E-state index is -1.07. The highest BCUT2D eigenvalue weighted by Crippen LogP contribution is 2.17. The third-order valence-electron chi connectivity index (χ3n) is 2.08. The van der Waals surface area contributed by atoms with Crippen LogP contribution in [0.4, 0.5) is 4.39 Å². The molecule has 0 unspecified atom stereocenters. The standard InChI is InChI=1S/C13H15FO2S/c1-2-7-17-9-10-3-5-12(14)11(8-10)4-6-13(15)16/h3-6,8H,2,7,9H2,1H3,(H,15,16). The molecule has 1 aromatic carbocycles. The first-order valence-corrected chi connectivity index (χ1v) is 6.56. The first kappa shape index (κ1) is 13.8. The van der Waals surface area contributed by atoms with Gasteiger partial charge in [0.1, 0.15) is 5.82 Å². The van der Waals surface area contributed by atoms with Gasteiger partial charge in [-0.15, -0.1) is 0 Å². The molecule has 0 heterocycles. The number of aliphatic carboxylic acids is 1. The number of hydrogen-bond acceptors (Lipinski definition) is 2. The molecule has 0 spiro atoms. The zero-order chi connectivity index (χ0) is 12.7. The summed E-state index contributed by atoms with van der Waals surface area (Å²) < 4.78 is 13.4. The maximum Gasteiger partial charge on any atom is 0.328 e. The maximum atomic E-state index is 13.4. The molecule has 1 N–H and O–H groups in total. The number of rotatable bonds is 6. The van der Waals surface area contributed by atoms with E-state index < -0.39 is 11.8 Å². The van der Waals surface area contributed by atoms with Crippen molar-refractivity contribution in [2.45, 2.75) is 19.1 Å². The van der Waals surface area contributed by atoms with Crippen LogP contribution in [0, 0.1) is 5.82 Å². The van der Waals surface area contributed by atoms with Crippen molar-refractivity contribution >= 4 is 23.8 Å². The lowest BCUT2D eigenvalue weighted by atomic mass is 10.1. The summed E-state index contributed by atoms with van der Waals surface area (Å²) in [4.78, 5) is 10.4. The Bertz CT molecular complexity index is 416. The van der Waals surface area contributed by atoms with Gasteiger partial charge in [-0.1, -0.05) is 13.0 Å². The molecular weight excluding hydrogens is 239 g/mol. The molecular formula is C13H15FO2S. The van der Waals surface area contributed by atoms with Crippen LogP contribution in [0.1, 0.15) is 24.5 Å². The molecule has 0 amide bonds. The summed E-state index contributed by atoms with van der Waals surface area (Å²) in [6.07, 6.45) is 3.34. The molecule has 0 bridgehead atoms. The van der Waals surface area contributed by atoms with Crippen LogP contribution >= 0.6 is 11.8 Å². The van der Waals surface area contributed by atoms with Crippen LogP contribution in [0.3, 0.4) is 0 Å². The first-order valence-electron chi connectivity index (χ1n) is 5.40. The van der Waals surface area contributed by atoms with Gasteiger partial charge in [-0.05, 0) is 35.9 Å². The Balaban J connectivity index is 2.75. The van der Waals surface area contributed by atoms with Crippen LogP contribution in [-0.2, 0) is 10.5 Å². The molecule has 1 aromatic rings. The molecule has 2 nitrogen and oxygen atoms in total. The Morgan fingerprint density at radius 1 is 1.53 bits per heavy atom. The number of carbonyl (C=O) groups is 1. The van der Waals surface area contributed by atoms with E-state index in [1.165, 1.54) is 12.1 Å². The largest absolute Gasteiger partial charge is 0.478 e. The number of thioether (sulfide) groups is 1. The van der Waals surface area contributed by atoms with E-state index in [4.69, 9.17) is 5.11 Å². The Morgan fingerprint density at radius 2 is 2.29 bits per heavy atom. The fourth-order valence-corrected chi connectivity index (χ4v) is 2.15. The fraction of sp³-hybridized carbons (Fsp3) is 0.308. The fourth-order valence-electron chi connectivity index (χ4n) is 1.31. The van der Waals surface area contributed by atoms with Gasteiger partial charge in [0.25, 0.3) is 0 Å². The molecule has 0 aliphatic rings. The van der Waals surface area contributed by atoms with Gasteiger partial charge in [0.15, 0.2) is 0 Å². The summed E-state index contributed by atoms with van der Waals surface area (Å²) >= 11 is 1.78. The lowest BCUT2D eigenvalue weighted by Crippen LogP contribution is -1.90. The van der Waals surface area contributed by atoms with Gasteiger partial charge in [-0.2, -0.15) is 11.8 Å². The number of hydrogen-bond donors (Lipinski definition) is 1. The smallest absolute Gasteiger partial charge is 0.328 e. The Morgan fingerprint density at radius 3 is 2.94 bits per heavy atom. The van der Waals surface area contributed by atoms with Gasteiger partial charge >= 0.3 is 5.97 Å². The van der Waals surface area contributed by atoms with E-state index in [0.29, 0.717) is 5.56 Å². The second-order valence-electron chi connectivity index (χ2n) is 3.58. The van der Waals surface area contributed by atoms with Crippen molar-refractivity contribution in [1.29, 1.82) is 0 Å². The molecule has 0 atom stereocenters. The minimum Gasteiger partial charge on any atom is -0.478 e. The van der Waals surface area contributed by atoms with E-state index in [1.807, 2.05) is 0 Å². The Labute approximate surface area is 105 Å². The summed E-state index contributed by atoms with van der Waals surface area (Å²) in [5, 5.41) is 8.49. The number of halogens is 1. The quantitative estimate of drug-likeness (QED) is 0.623. The van der Waals surface area contributed by atoms with Crippen molar-refractivity contribution in [2.75, 3.05) is 5.75 Å². The third kappa shape index (κ3) is 5.04.